The molecule has 2 aliphatic rings. The van der Waals surface area contributed by atoms with Gasteiger partial charge in [-0.15, -0.1) is 0 Å². The van der Waals surface area contributed by atoms with Crippen LogP contribution in [0.25, 0.3) is 0 Å². The molecule has 2 nitrogen and oxygen atoms in total. The van der Waals surface area contributed by atoms with Crippen molar-refractivity contribution < 1.29 is 0 Å². The predicted molar refractivity (Wildman–Crippen MR) is 59.4 cm³/mol. The van der Waals surface area contributed by atoms with Gasteiger partial charge in [0.05, 0.1) is 6.54 Å². The number of nitrogens with zero attached hydrogens (tertiary/aromatic N) is 1. The Morgan fingerprint density at radius 1 is 1.46 bits per heavy atom. The third kappa shape index (κ3) is 2.39. The first-order chi connectivity index (χ1) is 6.38. The molecule has 1 saturated carbocycles. The summed E-state index contributed by atoms with van der Waals surface area (Å²) in [4.78, 5) is 4.52. The molecule has 13 heavy (non-hydrogen) atoms. The molecule has 0 amide bonds. The molecule has 0 saturated heterocycles. The fourth-order valence-electron chi connectivity index (χ4n) is 1.95. The van der Waals surface area contributed by atoms with Crippen LogP contribution >= 0.6 is 11.8 Å². The van der Waals surface area contributed by atoms with Crippen LogP contribution < -0.4 is 5.32 Å². The maximum Gasteiger partial charge on any atom is 0.157 e. The van der Waals surface area contributed by atoms with E-state index in [1.54, 1.807) is 0 Å². The van der Waals surface area contributed by atoms with E-state index in [1.807, 2.05) is 11.8 Å². The van der Waals surface area contributed by atoms with Crippen molar-refractivity contribution in [3.8, 4) is 0 Å². The summed E-state index contributed by atoms with van der Waals surface area (Å²) in [6.07, 6.45) is 6.72. The minimum absolute atomic E-state index is 0.724. The van der Waals surface area contributed by atoms with Crippen molar-refractivity contribution >= 4 is 16.9 Å². The van der Waals surface area contributed by atoms with E-state index >= 15 is 0 Å². The van der Waals surface area contributed by atoms with Crippen LogP contribution in [0.15, 0.2) is 4.99 Å². The van der Waals surface area contributed by atoms with Crippen molar-refractivity contribution in [1.29, 1.82) is 0 Å². The van der Waals surface area contributed by atoms with E-state index in [2.05, 4.69) is 17.2 Å². The van der Waals surface area contributed by atoms with Crippen molar-refractivity contribution in [2.24, 2.45) is 4.99 Å². The largest absolute Gasteiger partial charge is 0.362 e. The highest BCUT2D eigenvalue weighted by Crippen LogP contribution is 2.25. The monoisotopic (exact) mass is 198 g/mol. The highest BCUT2D eigenvalue weighted by molar-refractivity contribution is 8.14. The van der Waals surface area contributed by atoms with Gasteiger partial charge in [0.1, 0.15) is 0 Å². The van der Waals surface area contributed by atoms with E-state index in [-0.39, 0.29) is 0 Å². The van der Waals surface area contributed by atoms with Gasteiger partial charge in [0, 0.05) is 11.3 Å². The first kappa shape index (κ1) is 9.38. The summed E-state index contributed by atoms with van der Waals surface area (Å²) in [5.41, 5.74) is 0. The highest BCUT2D eigenvalue weighted by atomic mass is 32.2. The normalized spacial score (nSPS) is 29.3. The summed E-state index contributed by atoms with van der Waals surface area (Å²) in [6, 6.07) is 0.724. The molecule has 1 fully saturated rings. The molecule has 0 spiro atoms. The highest BCUT2D eigenvalue weighted by Gasteiger charge is 2.21. The molecule has 74 valence electrons. The first-order valence-electron chi connectivity index (χ1n) is 5.36. The van der Waals surface area contributed by atoms with Gasteiger partial charge in [0.15, 0.2) is 5.17 Å². The van der Waals surface area contributed by atoms with E-state index in [0.29, 0.717) is 0 Å². The van der Waals surface area contributed by atoms with Gasteiger partial charge in [-0.05, 0) is 19.3 Å². The first-order valence-corrected chi connectivity index (χ1v) is 6.24. The summed E-state index contributed by atoms with van der Waals surface area (Å²) in [5, 5.41) is 5.50. The molecular weight excluding hydrogens is 180 g/mol. The van der Waals surface area contributed by atoms with Crippen LogP contribution in [-0.4, -0.2) is 23.0 Å². The molecule has 1 unspecified atom stereocenters. The summed E-state index contributed by atoms with van der Waals surface area (Å²) in [6.45, 7) is 3.27. The van der Waals surface area contributed by atoms with Crippen LogP contribution in [0.4, 0.5) is 0 Å². The molecule has 0 aromatic carbocycles. The van der Waals surface area contributed by atoms with Crippen molar-refractivity contribution in [3.05, 3.63) is 0 Å². The van der Waals surface area contributed by atoms with Gasteiger partial charge >= 0.3 is 0 Å². The molecule has 1 atom stereocenters. The Morgan fingerprint density at radius 2 is 2.23 bits per heavy atom. The van der Waals surface area contributed by atoms with Gasteiger partial charge in [-0.25, -0.2) is 0 Å². The molecule has 0 bridgehead atoms. The van der Waals surface area contributed by atoms with Gasteiger partial charge < -0.3 is 5.32 Å². The number of amidine groups is 1. The van der Waals surface area contributed by atoms with Crippen LogP contribution in [-0.2, 0) is 0 Å². The summed E-state index contributed by atoms with van der Waals surface area (Å²) in [7, 11) is 0. The average molecular weight is 198 g/mol. The topological polar surface area (TPSA) is 24.4 Å². The second-order valence-corrected chi connectivity index (χ2v) is 5.21. The number of thioether (sulfide) groups is 1. The number of nitrogens with one attached hydrogen (secondary N) is 1. The second kappa shape index (κ2) is 4.36. The molecule has 0 aromatic heterocycles. The van der Waals surface area contributed by atoms with E-state index < -0.39 is 0 Å². The summed E-state index contributed by atoms with van der Waals surface area (Å²) in [5.74, 6) is 0. The van der Waals surface area contributed by atoms with Crippen LogP contribution in [0.2, 0.25) is 0 Å². The van der Waals surface area contributed by atoms with Crippen LogP contribution in [0.3, 0.4) is 0 Å². The van der Waals surface area contributed by atoms with Crippen molar-refractivity contribution in [3.63, 3.8) is 0 Å². The quantitative estimate of drug-likeness (QED) is 0.737. The van der Waals surface area contributed by atoms with Crippen molar-refractivity contribution in [2.45, 2.75) is 50.3 Å². The second-order valence-electron chi connectivity index (χ2n) is 3.92. The lowest BCUT2D eigenvalue weighted by molar-refractivity contribution is 0.635. The fraction of sp³-hybridized carbons (Fsp3) is 0.900. The van der Waals surface area contributed by atoms with E-state index in [4.69, 9.17) is 0 Å². The SMILES string of the molecule is CCC1CN=C(NC2CCCC2)S1. The van der Waals surface area contributed by atoms with Crippen molar-refractivity contribution in [1.82, 2.24) is 5.32 Å². The molecule has 1 N–H and O–H groups in total. The predicted octanol–water partition coefficient (Wildman–Crippen LogP) is 2.40. The maximum absolute atomic E-state index is 4.52. The Bertz CT molecular complexity index is 197. The van der Waals surface area contributed by atoms with Gasteiger partial charge in [-0.2, -0.15) is 0 Å². The fourth-order valence-corrected chi connectivity index (χ4v) is 2.97. The third-order valence-electron chi connectivity index (χ3n) is 2.85. The van der Waals surface area contributed by atoms with Crippen LogP contribution in [0, 0.1) is 0 Å². The lowest BCUT2D eigenvalue weighted by Crippen LogP contribution is -2.29. The molecule has 1 aliphatic carbocycles. The van der Waals surface area contributed by atoms with Crippen molar-refractivity contribution in [2.75, 3.05) is 6.54 Å². The maximum atomic E-state index is 4.52. The van der Waals surface area contributed by atoms with E-state index in [1.165, 1.54) is 37.3 Å². The molecular formula is C10H18N2S. The third-order valence-corrected chi connectivity index (χ3v) is 4.14. The number of hydrogen-bond donors (Lipinski definition) is 1. The standard InChI is InChI=1S/C10H18N2S/c1-2-9-7-11-10(13-9)12-8-5-3-4-6-8/h8-9H,2-7H2,1H3,(H,11,12). The summed E-state index contributed by atoms with van der Waals surface area (Å²) >= 11 is 1.94. The average Bonchev–Trinajstić information content (AvgIpc) is 2.76. The minimum atomic E-state index is 0.724. The van der Waals surface area contributed by atoms with Gasteiger partial charge in [-0.1, -0.05) is 31.5 Å². The molecule has 3 heteroatoms. The number of rotatable bonds is 2. The number of aliphatic imine (C=N–C) groups is 1. The zero-order valence-electron chi connectivity index (χ0n) is 8.25. The van der Waals surface area contributed by atoms with Gasteiger partial charge in [0.2, 0.25) is 0 Å². The lowest BCUT2D eigenvalue weighted by atomic mass is 10.3. The molecule has 1 heterocycles. The molecule has 2 rings (SSSR count). The zero-order chi connectivity index (χ0) is 9.10. The van der Waals surface area contributed by atoms with Gasteiger partial charge in [0.25, 0.3) is 0 Å². The Balaban J connectivity index is 1.76. The lowest BCUT2D eigenvalue weighted by Gasteiger charge is -2.12. The number of hydrogen-bond acceptors (Lipinski definition) is 3. The molecule has 0 radical (unpaired) electrons. The Kier molecular flexibility index (Phi) is 3.14. The van der Waals surface area contributed by atoms with Crippen LogP contribution in [0.5, 0.6) is 0 Å². The Hall–Kier alpha value is -0.180. The van der Waals surface area contributed by atoms with Crippen LogP contribution in [0.1, 0.15) is 39.0 Å². The summed E-state index contributed by atoms with van der Waals surface area (Å²) < 4.78 is 0. The Morgan fingerprint density at radius 3 is 2.85 bits per heavy atom. The molecule has 1 aliphatic heterocycles. The smallest absolute Gasteiger partial charge is 0.157 e. The van der Waals surface area contributed by atoms with E-state index in [0.717, 1.165) is 17.8 Å². The Labute approximate surface area is 84.6 Å². The van der Waals surface area contributed by atoms with E-state index in [9.17, 15) is 0 Å². The minimum Gasteiger partial charge on any atom is -0.362 e. The zero-order valence-corrected chi connectivity index (χ0v) is 9.07. The van der Waals surface area contributed by atoms with Gasteiger partial charge in [-0.3, -0.25) is 4.99 Å². The molecule has 0 aromatic rings.